The summed E-state index contributed by atoms with van der Waals surface area (Å²) in [5.74, 6) is 4.45. The Hall–Kier alpha value is -1.68. The highest BCUT2D eigenvalue weighted by molar-refractivity contribution is 6.58. The van der Waals surface area contributed by atoms with Crippen LogP contribution in [0.4, 0.5) is 26.3 Å². The van der Waals surface area contributed by atoms with Crippen molar-refractivity contribution >= 4 is 8.80 Å². The molecular weight excluding hydrogens is 382 g/mol. The van der Waals surface area contributed by atoms with E-state index in [-0.39, 0.29) is 12.0 Å². The third-order valence-corrected chi connectivity index (χ3v) is 7.68. The van der Waals surface area contributed by atoms with E-state index in [0.29, 0.717) is 18.4 Å². The molecule has 0 N–H and O–H groups in total. The molecule has 1 aromatic rings. The Morgan fingerprint density at radius 1 is 1.19 bits per heavy atom. The number of halogens is 6. The van der Waals surface area contributed by atoms with Crippen molar-refractivity contribution < 1.29 is 26.3 Å². The van der Waals surface area contributed by atoms with Gasteiger partial charge in [-0.15, -0.1) is 0 Å². The summed E-state index contributed by atoms with van der Waals surface area (Å²) in [6.45, 7) is 0. The highest BCUT2D eigenvalue weighted by atomic mass is 28.3. The Kier molecular flexibility index (Phi) is 8.02. The summed E-state index contributed by atoms with van der Waals surface area (Å²) in [6.07, 6.45) is -0.620. The van der Waals surface area contributed by atoms with E-state index in [2.05, 4.69) is 11.8 Å². The molecule has 2 rings (SSSR count). The number of alkyl halides is 5. The monoisotopic (exact) mass is 403 g/mol. The molecule has 1 saturated heterocycles. The second-order valence-electron chi connectivity index (χ2n) is 6.69. The molecule has 1 aromatic carbocycles. The maximum Gasteiger partial charge on any atom is 0.419 e. The van der Waals surface area contributed by atoms with E-state index in [1.54, 1.807) is 6.08 Å². The van der Waals surface area contributed by atoms with Crippen LogP contribution in [0.1, 0.15) is 36.8 Å². The molecule has 0 spiro atoms. The van der Waals surface area contributed by atoms with Gasteiger partial charge in [-0.25, -0.2) is 13.2 Å². The molecule has 0 bridgehead atoms. The van der Waals surface area contributed by atoms with Crippen molar-refractivity contribution in [1.29, 1.82) is 0 Å². The summed E-state index contributed by atoms with van der Waals surface area (Å²) >= 11 is 0. The first-order chi connectivity index (χ1) is 12.8. The van der Waals surface area contributed by atoms with Crippen molar-refractivity contribution in [2.45, 2.75) is 56.4 Å². The Morgan fingerprint density at radius 2 is 1.89 bits per heavy atom. The van der Waals surface area contributed by atoms with Gasteiger partial charge in [0.15, 0.2) is 0 Å². The maximum atomic E-state index is 13.5. The largest absolute Gasteiger partial charge is 0.419 e. The van der Waals surface area contributed by atoms with Crippen LogP contribution in [0.15, 0.2) is 30.4 Å². The minimum Gasteiger partial charge on any atom is -0.211 e. The molecule has 0 atom stereocenters. The SMILES string of the molecule is Fc1cc(C#CC=CC2CC[Si](CCCC(F)F)CC2)ccc1C(F)(F)F. The normalized spacial score (nSPS) is 16.7. The van der Waals surface area contributed by atoms with Crippen LogP contribution in [-0.4, -0.2) is 15.2 Å². The average Bonchev–Trinajstić information content (AvgIpc) is 2.58. The summed E-state index contributed by atoms with van der Waals surface area (Å²) in [5.41, 5.74) is -1.10. The van der Waals surface area contributed by atoms with E-state index in [0.717, 1.165) is 43.1 Å². The van der Waals surface area contributed by atoms with Crippen LogP contribution in [0.25, 0.3) is 0 Å². The molecule has 0 nitrogen and oxygen atoms in total. The minimum absolute atomic E-state index is 0.00235. The molecular formula is C20H21F6Si. The van der Waals surface area contributed by atoms with Gasteiger partial charge in [0, 0.05) is 20.8 Å². The Morgan fingerprint density at radius 3 is 2.48 bits per heavy atom. The van der Waals surface area contributed by atoms with E-state index in [4.69, 9.17) is 0 Å². The van der Waals surface area contributed by atoms with Gasteiger partial charge in [0.1, 0.15) is 5.82 Å². The first kappa shape index (κ1) is 21.6. The van der Waals surface area contributed by atoms with Crippen LogP contribution in [0.5, 0.6) is 0 Å². The maximum absolute atomic E-state index is 13.5. The molecule has 7 heteroatoms. The molecule has 0 aromatic heterocycles. The zero-order valence-corrected chi connectivity index (χ0v) is 15.8. The van der Waals surface area contributed by atoms with Crippen LogP contribution >= 0.6 is 0 Å². The lowest BCUT2D eigenvalue weighted by atomic mass is 10.0. The average molecular weight is 403 g/mol. The smallest absolute Gasteiger partial charge is 0.211 e. The summed E-state index contributed by atoms with van der Waals surface area (Å²) in [6, 6.07) is 5.81. The highest BCUT2D eigenvalue weighted by Crippen LogP contribution is 2.31. The standard InChI is InChI=1S/C20H21F6Si/c21-18-14-16(7-8-17(18)20(24,25)26)5-2-1-4-15-9-12-27(13-10-15)11-3-6-19(22)23/h1,4,7-8,14-15,19H,3,6,9-13H2. The van der Waals surface area contributed by atoms with Crippen LogP contribution < -0.4 is 0 Å². The molecule has 1 radical (unpaired) electrons. The molecule has 0 aliphatic carbocycles. The third kappa shape index (κ3) is 7.45. The van der Waals surface area contributed by atoms with E-state index in [9.17, 15) is 26.3 Å². The molecule has 1 heterocycles. The van der Waals surface area contributed by atoms with Gasteiger partial charge in [-0.3, -0.25) is 0 Å². The molecule has 27 heavy (non-hydrogen) atoms. The highest BCUT2D eigenvalue weighted by Gasteiger charge is 2.33. The first-order valence-corrected chi connectivity index (χ1v) is 11.0. The zero-order chi connectivity index (χ0) is 19.9. The number of benzene rings is 1. The van der Waals surface area contributed by atoms with Crippen molar-refractivity contribution in [1.82, 2.24) is 0 Å². The van der Waals surface area contributed by atoms with E-state index < -0.39 is 32.8 Å². The van der Waals surface area contributed by atoms with Crippen molar-refractivity contribution in [3.63, 3.8) is 0 Å². The van der Waals surface area contributed by atoms with Gasteiger partial charge in [-0.05, 0) is 43.0 Å². The van der Waals surface area contributed by atoms with Crippen LogP contribution in [0.2, 0.25) is 18.1 Å². The number of allylic oxidation sites excluding steroid dienone is 2. The van der Waals surface area contributed by atoms with Gasteiger partial charge in [-0.2, -0.15) is 13.2 Å². The van der Waals surface area contributed by atoms with Crippen LogP contribution in [-0.2, 0) is 6.18 Å². The molecule has 1 aliphatic heterocycles. The lowest BCUT2D eigenvalue weighted by Crippen LogP contribution is -2.20. The first-order valence-electron chi connectivity index (χ1n) is 8.92. The predicted molar refractivity (Wildman–Crippen MR) is 95.6 cm³/mol. The summed E-state index contributed by atoms with van der Waals surface area (Å²) in [5, 5.41) is 0. The van der Waals surface area contributed by atoms with Gasteiger partial charge in [0.2, 0.25) is 6.43 Å². The fraction of sp³-hybridized carbons (Fsp3) is 0.500. The molecule has 147 valence electrons. The Labute approximate surface area is 157 Å². The van der Waals surface area contributed by atoms with Gasteiger partial charge in [-0.1, -0.05) is 42.5 Å². The van der Waals surface area contributed by atoms with Crippen molar-refractivity contribution in [3.05, 3.63) is 47.3 Å². The molecule has 0 amide bonds. The van der Waals surface area contributed by atoms with Crippen LogP contribution in [0, 0.1) is 23.6 Å². The van der Waals surface area contributed by atoms with Gasteiger partial charge < -0.3 is 0 Å². The Bertz CT molecular complexity index is 691. The Balaban J connectivity index is 1.80. The molecule has 1 fully saturated rings. The summed E-state index contributed by atoms with van der Waals surface area (Å²) < 4.78 is 75.3. The number of hydrogen-bond donors (Lipinski definition) is 0. The fourth-order valence-corrected chi connectivity index (χ4v) is 6.14. The second kappa shape index (κ2) is 10.0. The lowest BCUT2D eigenvalue weighted by molar-refractivity contribution is -0.140. The topological polar surface area (TPSA) is 0 Å². The fourth-order valence-electron chi connectivity index (χ4n) is 3.13. The third-order valence-electron chi connectivity index (χ3n) is 4.63. The van der Waals surface area contributed by atoms with E-state index in [1.807, 2.05) is 6.08 Å². The summed E-state index contributed by atoms with van der Waals surface area (Å²) in [7, 11) is -0.506. The van der Waals surface area contributed by atoms with Gasteiger partial charge >= 0.3 is 6.18 Å². The summed E-state index contributed by atoms with van der Waals surface area (Å²) in [4.78, 5) is 0. The van der Waals surface area contributed by atoms with Crippen LogP contribution in [0.3, 0.4) is 0 Å². The molecule has 1 aliphatic rings. The van der Waals surface area contributed by atoms with Gasteiger partial charge in [0.05, 0.1) is 5.56 Å². The lowest BCUT2D eigenvalue weighted by Gasteiger charge is -2.25. The predicted octanol–water partition coefficient (Wildman–Crippen LogP) is 6.70. The van der Waals surface area contributed by atoms with E-state index in [1.165, 1.54) is 0 Å². The van der Waals surface area contributed by atoms with Crippen molar-refractivity contribution in [2.24, 2.45) is 5.92 Å². The second-order valence-corrected chi connectivity index (χ2v) is 9.69. The minimum atomic E-state index is -4.71. The number of rotatable bonds is 5. The van der Waals surface area contributed by atoms with E-state index >= 15 is 0 Å². The van der Waals surface area contributed by atoms with Gasteiger partial charge in [0.25, 0.3) is 0 Å². The van der Waals surface area contributed by atoms with Crippen molar-refractivity contribution in [3.8, 4) is 11.8 Å². The number of hydrogen-bond acceptors (Lipinski definition) is 0. The molecule has 0 unspecified atom stereocenters. The quantitative estimate of drug-likeness (QED) is 0.291. The zero-order valence-electron chi connectivity index (χ0n) is 14.8. The van der Waals surface area contributed by atoms with Crippen molar-refractivity contribution in [2.75, 3.05) is 0 Å². The molecule has 0 saturated carbocycles.